The molecule has 0 amide bonds. The van der Waals surface area contributed by atoms with Crippen LogP contribution in [-0.2, 0) is 0 Å². The zero-order valence-corrected chi connectivity index (χ0v) is 10.1. The molecular formula is C17H10FN. The molecule has 19 heavy (non-hydrogen) atoms. The van der Waals surface area contributed by atoms with Crippen LogP contribution in [0.4, 0.5) is 4.39 Å². The van der Waals surface area contributed by atoms with E-state index >= 15 is 0 Å². The Kier molecular flexibility index (Phi) is 2.96. The molecule has 2 aromatic carbocycles. The number of halogens is 1. The van der Waals surface area contributed by atoms with Crippen LogP contribution in [0.1, 0.15) is 11.1 Å². The lowest BCUT2D eigenvalue weighted by molar-refractivity contribution is 0.624. The Bertz CT molecular complexity index is 791. The summed E-state index contributed by atoms with van der Waals surface area (Å²) in [4.78, 5) is 4.27. The lowest BCUT2D eigenvalue weighted by Gasteiger charge is -1.98. The summed E-state index contributed by atoms with van der Waals surface area (Å²) in [6.45, 7) is 0. The molecule has 1 nitrogen and oxygen atoms in total. The summed E-state index contributed by atoms with van der Waals surface area (Å²) < 4.78 is 13.5. The van der Waals surface area contributed by atoms with Gasteiger partial charge in [-0.05, 0) is 24.3 Å². The first kappa shape index (κ1) is 11.4. The van der Waals surface area contributed by atoms with Crippen molar-refractivity contribution in [1.82, 2.24) is 4.98 Å². The molecule has 0 atom stereocenters. The number of hydrogen-bond acceptors (Lipinski definition) is 1. The number of aromatic nitrogens is 1. The second kappa shape index (κ2) is 4.91. The second-order valence-corrected chi connectivity index (χ2v) is 4.11. The minimum absolute atomic E-state index is 0.298. The van der Waals surface area contributed by atoms with Gasteiger partial charge in [-0.2, -0.15) is 0 Å². The monoisotopic (exact) mass is 247 g/mol. The highest BCUT2D eigenvalue weighted by Crippen LogP contribution is 2.15. The first-order valence-corrected chi connectivity index (χ1v) is 5.95. The Balaban J connectivity index is 2.11. The van der Waals surface area contributed by atoms with Gasteiger partial charge in [0, 0.05) is 17.1 Å². The van der Waals surface area contributed by atoms with Gasteiger partial charge < -0.3 is 0 Å². The lowest BCUT2D eigenvalue weighted by Crippen LogP contribution is -1.84. The molecule has 0 bridgehead atoms. The minimum atomic E-state index is -0.298. The Morgan fingerprint density at radius 1 is 0.789 bits per heavy atom. The van der Waals surface area contributed by atoms with Crippen molar-refractivity contribution in [3.05, 3.63) is 77.7 Å². The van der Waals surface area contributed by atoms with Crippen molar-refractivity contribution in [2.45, 2.75) is 0 Å². The van der Waals surface area contributed by atoms with Crippen molar-refractivity contribution in [2.24, 2.45) is 0 Å². The first-order valence-electron chi connectivity index (χ1n) is 5.95. The van der Waals surface area contributed by atoms with E-state index in [0.29, 0.717) is 5.56 Å². The van der Waals surface area contributed by atoms with Gasteiger partial charge in [0.1, 0.15) is 5.82 Å². The highest BCUT2D eigenvalue weighted by atomic mass is 19.1. The smallest absolute Gasteiger partial charge is 0.138 e. The SMILES string of the molecule is Fc1ccccc1C#Cc1ccnc2ccccc12. The molecule has 0 spiro atoms. The number of nitrogens with zero attached hydrogens (tertiary/aromatic N) is 1. The van der Waals surface area contributed by atoms with Crippen LogP contribution in [-0.4, -0.2) is 4.98 Å². The van der Waals surface area contributed by atoms with Crippen molar-refractivity contribution in [3.8, 4) is 11.8 Å². The van der Waals surface area contributed by atoms with E-state index in [2.05, 4.69) is 16.8 Å². The Hall–Kier alpha value is -2.66. The second-order valence-electron chi connectivity index (χ2n) is 4.11. The minimum Gasteiger partial charge on any atom is -0.256 e. The van der Waals surface area contributed by atoms with Crippen LogP contribution in [0.5, 0.6) is 0 Å². The van der Waals surface area contributed by atoms with Gasteiger partial charge in [-0.15, -0.1) is 0 Å². The van der Waals surface area contributed by atoms with Gasteiger partial charge in [0.25, 0.3) is 0 Å². The third kappa shape index (κ3) is 2.31. The summed E-state index contributed by atoms with van der Waals surface area (Å²) in [6, 6.07) is 16.1. The molecular weight excluding hydrogens is 237 g/mol. The molecule has 0 unspecified atom stereocenters. The maximum atomic E-state index is 13.5. The van der Waals surface area contributed by atoms with E-state index in [1.165, 1.54) is 6.07 Å². The van der Waals surface area contributed by atoms with Crippen LogP contribution in [0.25, 0.3) is 10.9 Å². The summed E-state index contributed by atoms with van der Waals surface area (Å²) in [5, 5.41) is 0.980. The van der Waals surface area contributed by atoms with Gasteiger partial charge in [0.05, 0.1) is 11.1 Å². The van der Waals surface area contributed by atoms with Crippen LogP contribution >= 0.6 is 0 Å². The molecule has 0 aliphatic heterocycles. The van der Waals surface area contributed by atoms with Crippen LogP contribution in [0.15, 0.2) is 60.8 Å². The van der Waals surface area contributed by atoms with E-state index in [-0.39, 0.29) is 5.82 Å². The Morgan fingerprint density at radius 3 is 2.42 bits per heavy atom. The molecule has 0 aliphatic carbocycles. The van der Waals surface area contributed by atoms with Crippen molar-refractivity contribution in [2.75, 3.05) is 0 Å². The maximum absolute atomic E-state index is 13.5. The quantitative estimate of drug-likeness (QED) is 0.551. The fraction of sp³-hybridized carbons (Fsp3) is 0. The molecule has 90 valence electrons. The molecule has 0 saturated heterocycles. The average molecular weight is 247 g/mol. The molecule has 1 heterocycles. The first-order chi connectivity index (χ1) is 9.34. The number of hydrogen-bond donors (Lipinski definition) is 0. The van der Waals surface area contributed by atoms with E-state index in [1.807, 2.05) is 30.3 Å². The highest BCUT2D eigenvalue weighted by Gasteiger charge is 1.99. The Labute approximate surface area is 110 Å². The molecule has 1 aromatic heterocycles. The number of rotatable bonds is 0. The summed E-state index contributed by atoms with van der Waals surface area (Å²) >= 11 is 0. The van der Waals surface area contributed by atoms with Gasteiger partial charge in [-0.1, -0.05) is 42.2 Å². The fourth-order valence-electron chi connectivity index (χ4n) is 1.90. The third-order valence-electron chi connectivity index (χ3n) is 2.85. The standard InChI is InChI=1S/C17H10FN/c18-16-7-3-1-5-14(16)10-9-13-11-12-19-17-8-4-2-6-15(13)17/h1-8,11-12H. The van der Waals surface area contributed by atoms with E-state index in [9.17, 15) is 4.39 Å². The summed E-state index contributed by atoms with van der Waals surface area (Å²) in [5.74, 6) is 5.59. The van der Waals surface area contributed by atoms with Gasteiger partial charge >= 0.3 is 0 Å². The molecule has 2 heteroatoms. The highest BCUT2D eigenvalue weighted by molar-refractivity contribution is 5.84. The lowest BCUT2D eigenvalue weighted by atomic mass is 10.1. The molecule has 0 radical (unpaired) electrons. The number of para-hydroxylation sites is 1. The van der Waals surface area contributed by atoms with E-state index in [0.717, 1.165) is 16.5 Å². The zero-order chi connectivity index (χ0) is 13.1. The van der Waals surface area contributed by atoms with Crippen molar-refractivity contribution < 1.29 is 4.39 Å². The third-order valence-corrected chi connectivity index (χ3v) is 2.85. The summed E-state index contributed by atoms with van der Waals surface area (Å²) in [6.07, 6.45) is 1.72. The normalized spacial score (nSPS) is 9.95. The van der Waals surface area contributed by atoms with E-state index < -0.39 is 0 Å². The summed E-state index contributed by atoms with van der Waals surface area (Å²) in [5.41, 5.74) is 2.15. The largest absolute Gasteiger partial charge is 0.256 e. The van der Waals surface area contributed by atoms with Gasteiger partial charge in [-0.3, -0.25) is 4.98 Å². The van der Waals surface area contributed by atoms with Gasteiger partial charge in [0.2, 0.25) is 0 Å². The number of fused-ring (bicyclic) bond motifs is 1. The maximum Gasteiger partial charge on any atom is 0.138 e. The van der Waals surface area contributed by atoms with Crippen LogP contribution in [0.3, 0.4) is 0 Å². The summed E-state index contributed by atoms with van der Waals surface area (Å²) in [7, 11) is 0. The van der Waals surface area contributed by atoms with Gasteiger partial charge in [-0.25, -0.2) is 4.39 Å². The van der Waals surface area contributed by atoms with E-state index in [4.69, 9.17) is 0 Å². The van der Waals surface area contributed by atoms with E-state index in [1.54, 1.807) is 24.4 Å². The molecule has 3 rings (SSSR count). The Morgan fingerprint density at radius 2 is 1.53 bits per heavy atom. The van der Waals surface area contributed by atoms with Gasteiger partial charge in [0.15, 0.2) is 0 Å². The number of benzene rings is 2. The van der Waals surface area contributed by atoms with Crippen molar-refractivity contribution in [1.29, 1.82) is 0 Å². The van der Waals surface area contributed by atoms with Crippen molar-refractivity contribution >= 4 is 10.9 Å². The van der Waals surface area contributed by atoms with Crippen LogP contribution in [0, 0.1) is 17.7 Å². The molecule has 0 saturated carbocycles. The van der Waals surface area contributed by atoms with Crippen molar-refractivity contribution in [3.63, 3.8) is 0 Å². The van der Waals surface area contributed by atoms with Crippen LogP contribution < -0.4 is 0 Å². The zero-order valence-electron chi connectivity index (χ0n) is 10.1. The fourth-order valence-corrected chi connectivity index (χ4v) is 1.90. The predicted octanol–water partition coefficient (Wildman–Crippen LogP) is 3.77. The predicted molar refractivity (Wildman–Crippen MR) is 74.1 cm³/mol. The molecule has 0 aliphatic rings. The molecule has 3 aromatic rings. The average Bonchev–Trinajstić information content (AvgIpc) is 2.46. The topological polar surface area (TPSA) is 12.9 Å². The van der Waals surface area contributed by atoms with Crippen LogP contribution in [0.2, 0.25) is 0 Å². The molecule has 0 N–H and O–H groups in total. The number of pyridine rings is 1. The molecule has 0 fully saturated rings.